The van der Waals surface area contributed by atoms with Crippen molar-refractivity contribution in [2.24, 2.45) is 5.41 Å². The van der Waals surface area contributed by atoms with Gasteiger partial charge >= 0.3 is 0 Å². The standard InChI is InChI=1S/C14H18BrNO2/c1-10-2-3-11(15)8-12(10)13(18)16-9-14(4-5-14)6-7-17/h2-3,8,17H,4-7,9H2,1H3,(H,16,18). The predicted octanol–water partition coefficient (Wildman–Crippen LogP) is 2.65. The molecule has 0 atom stereocenters. The van der Waals surface area contributed by atoms with Crippen LogP contribution < -0.4 is 5.32 Å². The number of aryl methyl sites for hydroxylation is 1. The maximum absolute atomic E-state index is 12.1. The number of nitrogens with one attached hydrogen (secondary N) is 1. The number of benzene rings is 1. The van der Waals surface area contributed by atoms with Crippen molar-refractivity contribution in [2.45, 2.75) is 26.2 Å². The van der Waals surface area contributed by atoms with Crippen LogP contribution in [0.3, 0.4) is 0 Å². The number of hydrogen-bond donors (Lipinski definition) is 2. The zero-order valence-corrected chi connectivity index (χ0v) is 12.1. The molecule has 1 aliphatic carbocycles. The molecule has 0 saturated heterocycles. The minimum atomic E-state index is -0.0296. The third-order valence-electron chi connectivity index (χ3n) is 3.67. The molecule has 2 rings (SSSR count). The van der Waals surface area contributed by atoms with Crippen molar-refractivity contribution in [1.82, 2.24) is 5.32 Å². The fraction of sp³-hybridized carbons (Fsp3) is 0.500. The van der Waals surface area contributed by atoms with Gasteiger partial charge in [0, 0.05) is 23.2 Å². The monoisotopic (exact) mass is 311 g/mol. The van der Waals surface area contributed by atoms with Crippen LogP contribution in [0.5, 0.6) is 0 Å². The molecule has 0 unspecified atom stereocenters. The minimum absolute atomic E-state index is 0.0296. The Labute approximate surface area is 116 Å². The summed E-state index contributed by atoms with van der Waals surface area (Å²) in [6, 6.07) is 5.70. The van der Waals surface area contributed by atoms with Gasteiger partial charge < -0.3 is 10.4 Å². The second-order valence-corrected chi connectivity index (χ2v) is 6.03. The van der Waals surface area contributed by atoms with E-state index in [0.717, 1.165) is 29.3 Å². The molecular formula is C14H18BrNO2. The van der Waals surface area contributed by atoms with E-state index in [1.54, 1.807) is 0 Å². The molecular weight excluding hydrogens is 294 g/mol. The van der Waals surface area contributed by atoms with E-state index in [1.165, 1.54) is 0 Å². The van der Waals surface area contributed by atoms with Crippen LogP contribution in [0.2, 0.25) is 0 Å². The van der Waals surface area contributed by atoms with Crippen LogP contribution in [-0.4, -0.2) is 24.2 Å². The number of halogens is 1. The highest BCUT2D eigenvalue weighted by Crippen LogP contribution is 2.47. The van der Waals surface area contributed by atoms with Crippen LogP contribution in [0.1, 0.15) is 35.2 Å². The number of aliphatic hydroxyl groups is 1. The average molecular weight is 312 g/mol. The summed E-state index contributed by atoms with van der Waals surface area (Å²) < 4.78 is 0.912. The Morgan fingerprint density at radius 1 is 1.50 bits per heavy atom. The van der Waals surface area contributed by atoms with Gasteiger partial charge in [-0.2, -0.15) is 0 Å². The third kappa shape index (κ3) is 3.12. The van der Waals surface area contributed by atoms with Crippen LogP contribution >= 0.6 is 15.9 Å². The van der Waals surface area contributed by atoms with E-state index in [-0.39, 0.29) is 17.9 Å². The normalized spacial score (nSPS) is 16.4. The molecule has 0 spiro atoms. The number of amides is 1. The second-order valence-electron chi connectivity index (χ2n) is 5.12. The lowest BCUT2D eigenvalue weighted by atomic mass is 10.0. The highest BCUT2D eigenvalue weighted by molar-refractivity contribution is 9.10. The summed E-state index contributed by atoms with van der Waals surface area (Å²) in [5.74, 6) is -0.0296. The maximum Gasteiger partial charge on any atom is 0.251 e. The summed E-state index contributed by atoms with van der Waals surface area (Å²) >= 11 is 3.38. The minimum Gasteiger partial charge on any atom is -0.396 e. The van der Waals surface area contributed by atoms with Crippen molar-refractivity contribution < 1.29 is 9.90 Å². The number of hydrogen-bond acceptors (Lipinski definition) is 2. The molecule has 2 N–H and O–H groups in total. The zero-order chi connectivity index (χ0) is 13.2. The number of carbonyl (C=O) groups is 1. The lowest BCUT2D eigenvalue weighted by molar-refractivity contribution is 0.0940. The molecule has 1 saturated carbocycles. The van der Waals surface area contributed by atoms with E-state index < -0.39 is 0 Å². The first kappa shape index (κ1) is 13.6. The summed E-state index contributed by atoms with van der Waals surface area (Å²) in [6.07, 6.45) is 2.99. The molecule has 18 heavy (non-hydrogen) atoms. The summed E-state index contributed by atoms with van der Waals surface area (Å²) in [6.45, 7) is 2.80. The van der Waals surface area contributed by atoms with Gasteiger partial charge in [0.15, 0.2) is 0 Å². The van der Waals surface area contributed by atoms with Crippen LogP contribution in [0.25, 0.3) is 0 Å². The molecule has 0 aliphatic heterocycles. The SMILES string of the molecule is Cc1ccc(Br)cc1C(=O)NCC1(CCO)CC1. The molecule has 1 aliphatic rings. The van der Waals surface area contributed by atoms with Crippen LogP contribution in [-0.2, 0) is 0 Å². The van der Waals surface area contributed by atoms with Gasteiger partial charge in [-0.05, 0) is 49.3 Å². The van der Waals surface area contributed by atoms with Gasteiger partial charge in [-0.1, -0.05) is 22.0 Å². The topological polar surface area (TPSA) is 49.3 Å². The van der Waals surface area contributed by atoms with Crippen molar-refractivity contribution in [3.8, 4) is 0 Å². The molecule has 0 bridgehead atoms. The summed E-state index contributed by atoms with van der Waals surface area (Å²) in [5.41, 5.74) is 1.84. The van der Waals surface area contributed by atoms with Gasteiger partial charge in [0.2, 0.25) is 0 Å². The highest BCUT2D eigenvalue weighted by atomic mass is 79.9. The van der Waals surface area contributed by atoms with Crippen molar-refractivity contribution in [3.05, 3.63) is 33.8 Å². The molecule has 0 radical (unpaired) electrons. The molecule has 4 heteroatoms. The zero-order valence-electron chi connectivity index (χ0n) is 10.5. The summed E-state index contributed by atoms with van der Waals surface area (Å²) in [7, 11) is 0. The lowest BCUT2D eigenvalue weighted by Crippen LogP contribution is -2.31. The van der Waals surface area contributed by atoms with Gasteiger partial charge in [0.1, 0.15) is 0 Å². The lowest BCUT2D eigenvalue weighted by Gasteiger charge is -2.15. The van der Waals surface area contributed by atoms with E-state index >= 15 is 0 Å². The molecule has 1 fully saturated rings. The predicted molar refractivity (Wildman–Crippen MR) is 74.6 cm³/mol. The first-order valence-corrected chi connectivity index (χ1v) is 7.01. The summed E-state index contributed by atoms with van der Waals surface area (Å²) in [4.78, 5) is 12.1. The van der Waals surface area contributed by atoms with Gasteiger partial charge in [-0.25, -0.2) is 0 Å². The third-order valence-corrected chi connectivity index (χ3v) is 4.16. The van der Waals surface area contributed by atoms with Crippen LogP contribution in [0.4, 0.5) is 0 Å². The van der Waals surface area contributed by atoms with Gasteiger partial charge in [0.25, 0.3) is 5.91 Å². The first-order valence-electron chi connectivity index (χ1n) is 6.22. The number of carbonyl (C=O) groups excluding carboxylic acids is 1. The van der Waals surface area contributed by atoms with E-state index in [4.69, 9.17) is 5.11 Å². The van der Waals surface area contributed by atoms with Gasteiger partial charge in [-0.3, -0.25) is 4.79 Å². The van der Waals surface area contributed by atoms with Crippen LogP contribution in [0, 0.1) is 12.3 Å². The Bertz CT molecular complexity index is 455. The van der Waals surface area contributed by atoms with E-state index in [2.05, 4.69) is 21.2 Å². The Balaban J connectivity index is 1.98. The smallest absolute Gasteiger partial charge is 0.251 e. The van der Waals surface area contributed by atoms with Crippen molar-refractivity contribution in [1.29, 1.82) is 0 Å². The molecule has 1 aromatic carbocycles. The second kappa shape index (κ2) is 5.41. The molecule has 1 amide bonds. The van der Waals surface area contributed by atoms with E-state index in [0.29, 0.717) is 12.1 Å². The molecule has 3 nitrogen and oxygen atoms in total. The van der Waals surface area contributed by atoms with Gasteiger partial charge in [-0.15, -0.1) is 0 Å². The summed E-state index contributed by atoms with van der Waals surface area (Å²) in [5, 5.41) is 12.0. The number of rotatable bonds is 5. The highest BCUT2D eigenvalue weighted by Gasteiger charge is 2.41. The Kier molecular flexibility index (Phi) is 4.07. The van der Waals surface area contributed by atoms with Crippen LogP contribution in [0.15, 0.2) is 22.7 Å². The first-order chi connectivity index (χ1) is 8.56. The Morgan fingerprint density at radius 3 is 2.83 bits per heavy atom. The van der Waals surface area contributed by atoms with Crippen molar-refractivity contribution >= 4 is 21.8 Å². The largest absolute Gasteiger partial charge is 0.396 e. The quantitative estimate of drug-likeness (QED) is 0.878. The molecule has 0 aromatic heterocycles. The molecule has 1 aromatic rings. The molecule has 98 valence electrons. The molecule has 0 heterocycles. The van der Waals surface area contributed by atoms with E-state index in [1.807, 2.05) is 25.1 Å². The Hall–Kier alpha value is -0.870. The Morgan fingerprint density at radius 2 is 2.22 bits per heavy atom. The van der Waals surface area contributed by atoms with Crippen molar-refractivity contribution in [2.75, 3.05) is 13.2 Å². The fourth-order valence-corrected chi connectivity index (χ4v) is 2.49. The number of aliphatic hydroxyl groups excluding tert-OH is 1. The van der Waals surface area contributed by atoms with Crippen molar-refractivity contribution in [3.63, 3.8) is 0 Å². The maximum atomic E-state index is 12.1. The fourth-order valence-electron chi connectivity index (χ4n) is 2.13. The van der Waals surface area contributed by atoms with E-state index in [9.17, 15) is 4.79 Å². The van der Waals surface area contributed by atoms with Gasteiger partial charge in [0.05, 0.1) is 0 Å². The average Bonchev–Trinajstić information content (AvgIpc) is 3.10.